The summed E-state index contributed by atoms with van der Waals surface area (Å²) in [4.78, 5) is 33.3. The second-order valence-electron chi connectivity index (χ2n) is 7.33. The maximum absolute atomic E-state index is 13.0. The molecule has 0 spiro atoms. The van der Waals surface area contributed by atoms with E-state index < -0.39 is 0 Å². The maximum Gasteiger partial charge on any atom is 0.256 e. The fraction of sp³-hybridized carbons (Fsp3) is 0.400. The third-order valence-corrected chi connectivity index (χ3v) is 5.60. The maximum atomic E-state index is 13.0. The fourth-order valence-corrected chi connectivity index (χ4v) is 4.11. The van der Waals surface area contributed by atoms with Gasteiger partial charge in [0.25, 0.3) is 5.91 Å². The SMILES string of the molecule is O=C(c1c[nH]c2ncccc12)N1CCC(N(c2ccncn2)C2CC2)CC1. The molecule has 4 heterocycles. The number of hydrogen-bond donors (Lipinski definition) is 1. The number of aromatic nitrogens is 4. The van der Waals surface area contributed by atoms with Gasteiger partial charge in [-0.15, -0.1) is 0 Å². The molecular weight excluding hydrogens is 340 g/mol. The molecule has 2 fully saturated rings. The summed E-state index contributed by atoms with van der Waals surface area (Å²) in [5.41, 5.74) is 1.48. The molecule has 138 valence electrons. The summed E-state index contributed by atoms with van der Waals surface area (Å²) < 4.78 is 0. The number of nitrogens with zero attached hydrogens (tertiary/aromatic N) is 5. The molecule has 1 aliphatic heterocycles. The molecule has 7 nitrogen and oxygen atoms in total. The van der Waals surface area contributed by atoms with Crippen LogP contribution in [-0.2, 0) is 0 Å². The van der Waals surface area contributed by atoms with E-state index in [1.807, 2.05) is 23.1 Å². The van der Waals surface area contributed by atoms with Gasteiger partial charge in [0.15, 0.2) is 0 Å². The standard InChI is InChI=1S/C20H22N6O/c27-20(17-12-23-19-16(17)2-1-8-22-19)25-10-6-15(7-11-25)26(14-3-4-14)18-5-9-21-13-24-18/h1-2,5,8-9,12-15H,3-4,6-7,10-11H2,(H,22,23). The normalized spacial score (nSPS) is 18.0. The van der Waals surface area contributed by atoms with Crippen molar-refractivity contribution < 1.29 is 4.79 Å². The first-order valence-electron chi connectivity index (χ1n) is 9.57. The van der Waals surface area contributed by atoms with Crippen LogP contribution in [0.25, 0.3) is 11.0 Å². The van der Waals surface area contributed by atoms with Crippen molar-refractivity contribution in [2.24, 2.45) is 0 Å². The predicted octanol–water partition coefficient (Wildman–Crippen LogP) is 2.63. The summed E-state index contributed by atoms with van der Waals surface area (Å²) in [6.45, 7) is 1.54. The Balaban J connectivity index is 1.30. The Kier molecular flexibility index (Phi) is 3.99. The molecule has 1 saturated heterocycles. The van der Waals surface area contributed by atoms with E-state index in [0.29, 0.717) is 17.6 Å². The average molecular weight is 362 g/mol. The molecule has 1 saturated carbocycles. The average Bonchev–Trinajstić information content (AvgIpc) is 3.46. The molecule has 5 rings (SSSR count). The Morgan fingerprint density at radius 3 is 2.63 bits per heavy atom. The highest BCUT2D eigenvalue weighted by atomic mass is 16.2. The lowest BCUT2D eigenvalue weighted by Crippen LogP contribution is -2.48. The van der Waals surface area contributed by atoms with E-state index in [2.05, 4.69) is 24.8 Å². The largest absolute Gasteiger partial charge is 0.350 e. The summed E-state index contributed by atoms with van der Waals surface area (Å²) in [6.07, 6.45) is 11.3. The van der Waals surface area contributed by atoms with E-state index in [1.54, 1.807) is 24.9 Å². The Morgan fingerprint density at radius 1 is 1.07 bits per heavy atom. The molecule has 1 amide bonds. The quantitative estimate of drug-likeness (QED) is 0.772. The van der Waals surface area contributed by atoms with Gasteiger partial charge in [-0.3, -0.25) is 4.79 Å². The number of nitrogens with one attached hydrogen (secondary N) is 1. The number of carbonyl (C=O) groups is 1. The Labute approximate surface area is 157 Å². The van der Waals surface area contributed by atoms with Crippen molar-refractivity contribution in [2.75, 3.05) is 18.0 Å². The van der Waals surface area contributed by atoms with Gasteiger partial charge >= 0.3 is 0 Å². The van der Waals surface area contributed by atoms with Crippen molar-refractivity contribution in [1.29, 1.82) is 0 Å². The van der Waals surface area contributed by atoms with Crippen molar-refractivity contribution >= 4 is 22.8 Å². The lowest BCUT2D eigenvalue weighted by Gasteiger charge is -2.39. The number of hydrogen-bond acceptors (Lipinski definition) is 5. The first-order valence-corrected chi connectivity index (χ1v) is 9.57. The minimum absolute atomic E-state index is 0.0905. The Bertz CT molecular complexity index is 943. The van der Waals surface area contributed by atoms with Crippen molar-refractivity contribution in [3.8, 4) is 0 Å². The van der Waals surface area contributed by atoms with Crippen LogP contribution in [0.3, 0.4) is 0 Å². The summed E-state index contributed by atoms with van der Waals surface area (Å²) in [7, 11) is 0. The number of aromatic amines is 1. The summed E-state index contributed by atoms with van der Waals surface area (Å²) in [6, 6.07) is 6.83. The number of anilines is 1. The van der Waals surface area contributed by atoms with E-state index in [1.165, 1.54) is 12.8 Å². The first-order chi connectivity index (χ1) is 13.3. The number of carbonyl (C=O) groups excluding carboxylic acids is 1. The highest BCUT2D eigenvalue weighted by Gasteiger charge is 2.37. The van der Waals surface area contributed by atoms with Gasteiger partial charge in [0.05, 0.1) is 5.56 Å². The van der Waals surface area contributed by atoms with Crippen LogP contribution in [0.15, 0.2) is 43.1 Å². The molecule has 0 radical (unpaired) electrons. The lowest BCUT2D eigenvalue weighted by atomic mass is 10.0. The molecular formula is C20H22N6O. The van der Waals surface area contributed by atoms with E-state index in [4.69, 9.17) is 0 Å². The van der Waals surface area contributed by atoms with E-state index in [9.17, 15) is 4.79 Å². The van der Waals surface area contributed by atoms with Crippen LogP contribution in [0, 0.1) is 0 Å². The van der Waals surface area contributed by atoms with Crippen molar-refractivity contribution in [2.45, 2.75) is 37.8 Å². The van der Waals surface area contributed by atoms with Gasteiger partial charge in [-0.1, -0.05) is 0 Å². The molecule has 2 aliphatic rings. The number of likely N-dealkylation sites (tertiary alicyclic amines) is 1. The molecule has 0 bridgehead atoms. The zero-order valence-corrected chi connectivity index (χ0v) is 15.1. The predicted molar refractivity (Wildman–Crippen MR) is 103 cm³/mol. The van der Waals surface area contributed by atoms with Crippen molar-refractivity contribution in [3.05, 3.63) is 48.7 Å². The van der Waals surface area contributed by atoms with Gasteiger partial charge in [0, 0.05) is 49.1 Å². The minimum Gasteiger partial charge on any atom is -0.350 e. The number of fused-ring (bicyclic) bond motifs is 1. The smallest absolute Gasteiger partial charge is 0.256 e. The molecule has 3 aromatic rings. The zero-order valence-electron chi connectivity index (χ0n) is 15.1. The number of H-pyrrole nitrogens is 1. The van der Waals surface area contributed by atoms with Crippen molar-refractivity contribution in [3.63, 3.8) is 0 Å². The van der Waals surface area contributed by atoms with Crippen LogP contribution in [-0.4, -0.2) is 55.9 Å². The van der Waals surface area contributed by atoms with Gasteiger partial charge in [0.1, 0.15) is 17.8 Å². The summed E-state index contributed by atoms with van der Waals surface area (Å²) in [5.74, 6) is 1.10. The first kappa shape index (κ1) is 16.2. The minimum atomic E-state index is 0.0905. The van der Waals surface area contributed by atoms with Crippen LogP contribution in [0.4, 0.5) is 5.82 Å². The van der Waals surface area contributed by atoms with Crippen LogP contribution in [0.1, 0.15) is 36.0 Å². The summed E-state index contributed by atoms with van der Waals surface area (Å²) >= 11 is 0. The number of pyridine rings is 1. The molecule has 3 aromatic heterocycles. The highest BCUT2D eigenvalue weighted by Crippen LogP contribution is 2.35. The monoisotopic (exact) mass is 362 g/mol. The Morgan fingerprint density at radius 2 is 1.89 bits per heavy atom. The van der Waals surface area contributed by atoms with Gasteiger partial charge in [-0.2, -0.15) is 0 Å². The second kappa shape index (κ2) is 6.64. The molecule has 0 atom stereocenters. The zero-order chi connectivity index (χ0) is 18.2. The number of piperidine rings is 1. The molecule has 0 aromatic carbocycles. The van der Waals surface area contributed by atoms with Gasteiger partial charge in [-0.05, 0) is 43.9 Å². The van der Waals surface area contributed by atoms with Crippen LogP contribution < -0.4 is 4.90 Å². The Hall–Kier alpha value is -2.96. The van der Waals surface area contributed by atoms with Gasteiger partial charge < -0.3 is 14.8 Å². The molecule has 1 aliphatic carbocycles. The third-order valence-electron chi connectivity index (χ3n) is 5.60. The van der Waals surface area contributed by atoms with E-state index in [0.717, 1.165) is 42.8 Å². The van der Waals surface area contributed by atoms with Crippen LogP contribution in [0.5, 0.6) is 0 Å². The molecule has 1 N–H and O–H groups in total. The topological polar surface area (TPSA) is 78.0 Å². The van der Waals surface area contributed by atoms with Crippen LogP contribution >= 0.6 is 0 Å². The fourth-order valence-electron chi connectivity index (χ4n) is 4.11. The molecule has 0 unspecified atom stereocenters. The summed E-state index contributed by atoms with van der Waals surface area (Å²) in [5, 5.41) is 0.894. The highest BCUT2D eigenvalue weighted by molar-refractivity contribution is 6.05. The van der Waals surface area contributed by atoms with Crippen molar-refractivity contribution in [1.82, 2.24) is 24.8 Å². The number of rotatable bonds is 4. The number of amides is 1. The van der Waals surface area contributed by atoms with Gasteiger partial charge in [0.2, 0.25) is 0 Å². The van der Waals surface area contributed by atoms with Crippen LogP contribution in [0.2, 0.25) is 0 Å². The van der Waals surface area contributed by atoms with E-state index >= 15 is 0 Å². The second-order valence-corrected chi connectivity index (χ2v) is 7.33. The third kappa shape index (κ3) is 3.03. The molecule has 7 heteroatoms. The van der Waals surface area contributed by atoms with Gasteiger partial charge in [-0.25, -0.2) is 15.0 Å². The van der Waals surface area contributed by atoms with E-state index in [-0.39, 0.29) is 5.91 Å². The molecule has 27 heavy (non-hydrogen) atoms. The lowest BCUT2D eigenvalue weighted by molar-refractivity contribution is 0.0714.